The zero-order chi connectivity index (χ0) is 23.4. The minimum absolute atomic E-state index is 0.00834. The second-order valence-corrected chi connectivity index (χ2v) is 8.65. The van der Waals surface area contributed by atoms with Gasteiger partial charge < -0.3 is 20.7 Å². The molecular weight excluding hydrogens is 419 g/mol. The van der Waals surface area contributed by atoms with E-state index in [2.05, 4.69) is 12.2 Å². The van der Waals surface area contributed by atoms with E-state index in [4.69, 9.17) is 15.5 Å². The number of ether oxygens (including phenoxy) is 1. The van der Waals surface area contributed by atoms with E-state index in [1.54, 1.807) is 19.1 Å². The van der Waals surface area contributed by atoms with E-state index < -0.39 is 0 Å². The number of amides is 1. The molecule has 174 valence electrons. The van der Waals surface area contributed by atoms with Gasteiger partial charge in [-0.1, -0.05) is 0 Å². The summed E-state index contributed by atoms with van der Waals surface area (Å²) in [5.41, 5.74) is 9.38. The predicted molar refractivity (Wildman–Crippen MR) is 130 cm³/mol. The molecule has 0 bridgehead atoms. The summed E-state index contributed by atoms with van der Waals surface area (Å²) in [5.74, 6) is 0.813. The Kier molecular flexibility index (Phi) is 7.08. The Morgan fingerprint density at radius 1 is 1.18 bits per heavy atom. The van der Waals surface area contributed by atoms with Crippen molar-refractivity contribution in [3.05, 3.63) is 59.5 Å². The number of piperidine rings is 1. The number of fused-ring (bicyclic) bond motifs is 1. The Hall–Kier alpha value is -3.19. The molecule has 1 amide bonds. The maximum atomic E-state index is 13.5. The van der Waals surface area contributed by atoms with E-state index >= 15 is 0 Å². The fourth-order valence-electron chi connectivity index (χ4n) is 4.59. The molecule has 0 aromatic heterocycles. The van der Waals surface area contributed by atoms with Crippen LogP contribution in [0.5, 0.6) is 11.5 Å². The van der Waals surface area contributed by atoms with Crippen LogP contribution in [-0.2, 0) is 11.2 Å². The van der Waals surface area contributed by atoms with Crippen LogP contribution < -0.4 is 20.7 Å². The zero-order valence-electron chi connectivity index (χ0n) is 19.2. The first-order valence-electron chi connectivity index (χ1n) is 11.5. The summed E-state index contributed by atoms with van der Waals surface area (Å²) in [6.45, 7) is 5.55. The van der Waals surface area contributed by atoms with Crippen molar-refractivity contribution in [1.82, 2.24) is 5.32 Å². The number of halogens is 1. The molecule has 0 saturated carbocycles. The average molecular weight is 451 g/mol. The molecule has 1 fully saturated rings. The van der Waals surface area contributed by atoms with Gasteiger partial charge in [-0.3, -0.25) is 9.79 Å². The van der Waals surface area contributed by atoms with Gasteiger partial charge in [0, 0.05) is 42.1 Å². The summed E-state index contributed by atoms with van der Waals surface area (Å²) in [5, 5.41) is 3.35. The second kappa shape index (κ2) is 10.2. The molecule has 6 nitrogen and oxygen atoms in total. The lowest BCUT2D eigenvalue weighted by Gasteiger charge is -2.36. The minimum atomic E-state index is -0.328. The maximum Gasteiger partial charge on any atom is 0.224 e. The molecule has 1 saturated heterocycles. The topological polar surface area (TPSA) is 80.0 Å². The lowest BCUT2D eigenvalue weighted by atomic mass is 9.91. The largest absolute Gasteiger partial charge is 0.456 e. The predicted octanol–water partition coefficient (Wildman–Crippen LogP) is 4.43. The van der Waals surface area contributed by atoms with Gasteiger partial charge in [0.15, 0.2) is 0 Å². The number of nitrogens with one attached hydrogen (secondary N) is 1. The molecule has 2 aromatic rings. The first-order chi connectivity index (χ1) is 16.0. The van der Waals surface area contributed by atoms with Gasteiger partial charge in [0.2, 0.25) is 5.91 Å². The number of anilines is 1. The molecule has 0 spiro atoms. The number of carbonyl (C=O) groups is 1. The number of aliphatic imine (C=N–C) groups is 1. The van der Waals surface area contributed by atoms with Gasteiger partial charge in [-0.2, -0.15) is 0 Å². The third-order valence-electron chi connectivity index (χ3n) is 6.34. The van der Waals surface area contributed by atoms with Crippen LogP contribution in [0.2, 0.25) is 0 Å². The molecule has 0 aliphatic carbocycles. The fourth-order valence-corrected chi connectivity index (χ4v) is 4.59. The van der Waals surface area contributed by atoms with Crippen molar-refractivity contribution in [3.8, 4) is 11.5 Å². The Labute approximate surface area is 194 Å². The third-order valence-corrected chi connectivity index (χ3v) is 6.34. The summed E-state index contributed by atoms with van der Waals surface area (Å²) in [7, 11) is 0. The number of nitrogens with two attached hydrogens (primary N) is 1. The number of allylic oxidation sites excluding steroid dienone is 1. The Balaban J connectivity index is 1.77. The van der Waals surface area contributed by atoms with Crippen molar-refractivity contribution in [3.63, 3.8) is 0 Å². The van der Waals surface area contributed by atoms with E-state index in [0.717, 1.165) is 61.2 Å². The first-order valence-corrected chi connectivity index (χ1v) is 11.5. The number of hydrogen-bond donors (Lipinski definition) is 2. The normalized spacial score (nSPS) is 19.5. The van der Waals surface area contributed by atoms with Crippen molar-refractivity contribution in [2.45, 2.75) is 51.6 Å². The lowest BCUT2D eigenvalue weighted by molar-refractivity contribution is -0.117. The van der Waals surface area contributed by atoms with Crippen molar-refractivity contribution in [2.75, 3.05) is 18.0 Å². The van der Waals surface area contributed by atoms with Gasteiger partial charge in [-0.05, 0) is 82.1 Å². The Morgan fingerprint density at radius 3 is 2.58 bits per heavy atom. The van der Waals surface area contributed by atoms with Crippen LogP contribution in [0, 0.1) is 5.82 Å². The van der Waals surface area contributed by atoms with Crippen LogP contribution in [0.25, 0.3) is 5.57 Å². The molecule has 3 N–H and O–H groups in total. The van der Waals surface area contributed by atoms with Crippen LogP contribution in [0.4, 0.5) is 10.1 Å². The lowest BCUT2D eigenvalue weighted by Crippen LogP contribution is -2.40. The molecular formula is C26H31FN4O2. The molecule has 2 aliphatic heterocycles. The quantitative estimate of drug-likeness (QED) is 0.661. The monoisotopic (exact) mass is 450 g/mol. The van der Waals surface area contributed by atoms with Gasteiger partial charge in [-0.15, -0.1) is 0 Å². The maximum absolute atomic E-state index is 13.5. The van der Waals surface area contributed by atoms with Crippen LogP contribution in [0.1, 0.15) is 44.2 Å². The summed E-state index contributed by atoms with van der Waals surface area (Å²) in [6.07, 6.45) is 6.92. The minimum Gasteiger partial charge on any atom is -0.456 e. The highest BCUT2D eigenvalue weighted by atomic mass is 19.1. The van der Waals surface area contributed by atoms with Crippen molar-refractivity contribution in [2.24, 2.45) is 10.7 Å². The number of hydrogen-bond acceptors (Lipinski definition) is 5. The standard InChI is InChI=1S/C26H31FN4O2/c1-17-3-8-24-25(31(17)18(2)32)10-9-23(26(24)33-22-6-4-20(27)5-7-22)19(15-28)16-30-21-11-13-29-14-12-21/h4-7,9-10,15-17,21,29H,3,8,11-14,28H2,1-2H3/t17-/m0/s1. The molecule has 0 radical (unpaired) electrons. The smallest absolute Gasteiger partial charge is 0.224 e. The van der Waals surface area contributed by atoms with Crippen LogP contribution in [-0.4, -0.2) is 37.3 Å². The SMILES string of the molecule is CC(=O)N1c2ccc(C(C=NC3CCNCC3)=CN)c(Oc3ccc(F)cc3)c2CC[C@@H]1C. The molecule has 2 aromatic carbocycles. The van der Waals surface area contributed by atoms with Gasteiger partial charge >= 0.3 is 0 Å². The summed E-state index contributed by atoms with van der Waals surface area (Å²) < 4.78 is 19.8. The number of benzene rings is 2. The molecule has 4 rings (SSSR count). The summed E-state index contributed by atoms with van der Waals surface area (Å²) >= 11 is 0. The van der Waals surface area contributed by atoms with Crippen LogP contribution in [0.15, 0.2) is 47.6 Å². The van der Waals surface area contributed by atoms with Crippen LogP contribution in [0.3, 0.4) is 0 Å². The molecule has 33 heavy (non-hydrogen) atoms. The fraction of sp³-hybridized carbons (Fsp3) is 0.385. The van der Waals surface area contributed by atoms with E-state index in [-0.39, 0.29) is 23.8 Å². The highest BCUT2D eigenvalue weighted by molar-refractivity contribution is 6.11. The van der Waals surface area contributed by atoms with E-state index in [9.17, 15) is 9.18 Å². The molecule has 2 heterocycles. The highest BCUT2D eigenvalue weighted by Gasteiger charge is 2.30. The zero-order valence-corrected chi connectivity index (χ0v) is 19.2. The van der Waals surface area contributed by atoms with Gasteiger partial charge in [-0.25, -0.2) is 4.39 Å². The van der Waals surface area contributed by atoms with Crippen molar-refractivity contribution < 1.29 is 13.9 Å². The summed E-state index contributed by atoms with van der Waals surface area (Å²) in [4.78, 5) is 19.0. The highest BCUT2D eigenvalue weighted by Crippen LogP contribution is 2.43. The summed E-state index contributed by atoms with van der Waals surface area (Å²) in [6, 6.07) is 10.2. The first kappa shape index (κ1) is 23.0. The molecule has 2 aliphatic rings. The molecule has 1 atom stereocenters. The Morgan fingerprint density at radius 2 is 1.91 bits per heavy atom. The average Bonchev–Trinajstić information content (AvgIpc) is 2.82. The Bertz CT molecular complexity index is 1060. The second-order valence-electron chi connectivity index (χ2n) is 8.65. The number of rotatable bonds is 5. The van der Waals surface area contributed by atoms with Crippen molar-refractivity contribution >= 4 is 23.4 Å². The van der Waals surface area contributed by atoms with Crippen LogP contribution >= 0.6 is 0 Å². The molecule has 7 heteroatoms. The van der Waals surface area contributed by atoms with Gasteiger partial charge in [0.25, 0.3) is 0 Å². The van der Waals surface area contributed by atoms with E-state index in [1.807, 2.05) is 23.2 Å². The number of carbonyl (C=O) groups excluding carboxylic acids is 1. The molecule has 0 unspecified atom stereocenters. The van der Waals surface area contributed by atoms with Gasteiger partial charge in [0.05, 0.1) is 11.7 Å². The van der Waals surface area contributed by atoms with Gasteiger partial charge in [0.1, 0.15) is 17.3 Å². The third kappa shape index (κ3) is 5.09. The van der Waals surface area contributed by atoms with E-state index in [0.29, 0.717) is 11.5 Å². The van der Waals surface area contributed by atoms with Crippen molar-refractivity contribution in [1.29, 1.82) is 0 Å². The number of nitrogens with zero attached hydrogens (tertiary/aromatic N) is 2. The van der Waals surface area contributed by atoms with E-state index in [1.165, 1.54) is 18.3 Å².